The number of nitrogens with zero attached hydrogens (tertiary/aromatic N) is 2. The molecular weight excluding hydrogens is 693 g/mol. The summed E-state index contributed by atoms with van der Waals surface area (Å²) in [5, 5.41) is 11.6. The smallest absolute Gasteiger partial charge is 0.143 e. The molecule has 0 bridgehead atoms. The second-order valence-corrected chi connectivity index (χ2v) is 14.9. The molecular formula is C54H32N2O. The molecule has 0 aliphatic carbocycles. The van der Waals surface area contributed by atoms with Crippen LogP contribution in [-0.4, -0.2) is 9.97 Å². The summed E-state index contributed by atoms with van der Waals surface area (Å²) in [6.45, 7) is 0. The Balaban J connectivity index is 1.08. The lowest BCUT2D eigenvalue weighted by Gasteiger charge is -2.15. The van der Waals surface area contributed by atoms with Gasteiger partial charge in [0, 0.05) is 32.7 Å². The fraction of sp³-hybridized carbons (Fsp3) is 0. The zero-order valence-electron chi connectivity index (χ0n) is 30.8. The highest BCUT2D eigenvalue weighted by molar-refractivity contribution is 6.25. The van der Waals surface area contributed by atoms with Crippen molar-refractivity contribution in [2.45, 2.75) is 0 Å². The second kappa shape index (κ2) is 12.5. The molecule has 2 heterocycles. The van der Waals surface area contributed by atoms with Crippen molar-refractivity contribution in [3.05, 3.63) is 194 Å². The van der Waals surface area contributed by atoms with Crippen LogP contribution in [0.4, 0.5) is 0 Å². The summed E-state index contributed by atoms with van der Waals surface area (Å²) in [6, 6.07) is 67.2. The van der Waals surface area contributed by atoms with E-state index in [1.165, 1.54) is 43.8 Å². The first-order chi connectivity index (χ1) is 28.2. The summed E-state index contributed by atoms with van der Waals surface area (Å²) < 4.78 is 6.43. The zero-order valence-corrected chi connectivity index (χ0v) is 30.8. The molecule has 0 atom stereocenters. The monoisotopic (exact) mass is 724 g/mol. The number of furan rings is 1. The SMILES string of the molecule is c1cc(-c2cnc3c4ccc(-c5cccc6ccccc56)cc4c4cc(-c5cccc6ccccc56)ccc4c3n2)cc(-c2cccc3c2oc2ccccc23)c1. The average molecular weight is 725 g/mol. The molecule has 0 N–H and O–H groups in total. The van der Waals surface area contributed by atoms with E-state index in [1.807, 2.05) is 18.3 Å². The molecule has 57 heavy (non-hydrogen) atoms. The number of hydrogen-bond donors (Lipinski definition) is 0. The van der Waals surface area contributed by atoms with Gasteiger partial charge in [0.2, 0.25) is 0 Å². The van der Waals surface area contributed by atoms with Crippen LogP contribution in [0, 0.1) is 0 Å². The van der Waals surface area contributed by atoms with Crippen molar-refractivity contribution in [3.8, 4) is 44.6 Å². The molecule has 12 rings (SSSR count). The Morgan fingerprint density at radius 1 is 0.333 bits per heavy atom. The first-order valence-electron chi connectivity index (χ1n) is 19.4. The van der Waals surface area contributed by atoms with E-state index in [-0.39, 0.29) is 0 Å². The van der Waals surface area contributed by atoms with Gasteiger partial charge in [0.1, 0.15) is 11.2 Å². The summed E-state index contributed by atoms with van der Waals surface area (Å²) in [5.41, 5.74) is 12.3. The normalized spacial score (nSPS) is 11.9. The molecule has 0 amide bonds. The highest BCUT2D eigenvalue weighted by Crippen LogP contribution is 2.41. The third-order valence-corrected chi connectivity index (χ3v) is 11.7. The molecule has 0 aliphatic heterocycles. The van der Waals surface area contributed by atoms with Crippen molar-refractivity contribution in [3.63, 3.8) is 0 Å². The third kappa shape index (κ3) is 4.99. The average Bonchev–Trinajstić information content (AvgIpc) is 3.67. The highest BCUT2D eigenvalue weighted by atomic mass is 16.3. The van der Waals surface area contributed by atoms with Crippen molar-refractivity contribution in [1.29, 1.82) is 0 Å². The van der Waals surface area contributed by atoms with Gasteiger partial charge < -0.3 is 4.42 Å². The maximum Gasteiger partial charge on any atom is 0.143 e. The van der Waals surface area contributed by atoms with Gasteiger partial charge in [0.05, 0.1) is 22.9 Å². The van der Waals surface area contributed by atoms with Crippen LogP contribution in [0.15, 0.2) is 199 Å². The molecule has 0 unspecified atom stereocenters. The molecule has 0 saturated carbocycles. The number of benzene rings is 10. The van der Waals surface area contributed by atoms with Gasteiger partial charge in [-0.15, -0.1) is 0 Å². The first-order valence-corrected chi connectivity index (χ1v) is 19.4. The molecule has 10 aromatic carbocycles. The van der Waals surface area contributed by atoms with Crippen molar-refractivity contribution in [2.24, 2.45) is 0 Å². The van der Waals surface area contributed by atoms with Crippen LogP contribution in [0.2, 0.25) is 0 Å². The van der Waals surface area contributed by atoms with Gasteiger partial charge in [-0.05, 0) is 84.4 Å². The van der Waals surface area contributed by atoms with Gasteiger partial charge in [-0.3, -0.25) is 4.98 Å². The minimum atomic E-state index is 0.826. The van der Waals surface area contributed by atoms with Crippen molar-refractivity contribution in [2.75, 3.05) is 0 Å². The molecule has 12 aromatic rings. The van der Waals surface area contributed by atoms with Crippen LogP contribution in [0.3, 0.4) is 0 Å². The van der Waals surface area contributed by atoms with Gasteiger partial charge in [0.15, 0.2) is 0 Å². The zero-order chi connectivity index (χ0) is 37.5. The summed E-state index contributed by atoms with van der Waals surface area (Å²) in [6.07, 6.45) is 1.93. The predicted molar refractivity (Wildman–Crippen MR) is 239 cm³/mol. The molecule has 0 spiro atoms. The highest BCUT2D eigenvalue weighted by Gasteiger charge is 2.17. The maximum atomic E-state index is 6.43. The van der Waals surface area contributed by atoms with Crippen molar-refractivity contribution >= 4 is 76.1 Å². The number of para-hydroxylation sites is 2. The number of hydrogen-bond acceptors (Lipinski definition) is 3. The Kier molecular flexibility index (Phi) is 6.93. The van der Waals surface area contributed by atoms with Crippen LogP contribution < -0.4 is 0 Å². The number of aromatic nitrogens is 2. The molecule has 3 heteroatoms. The fourth-order valence-corrected chi connectivity index (χ4v) is 8.97. The topological polar surface area (TPSA) is 38.9 Å². The molecule has 0 radical (unpaired) electrons. The molecule has 0 saturated heterocycles. The van der Waals surface area contributed by atoms with Crippen LogP contribution in [0.1, 0.15) is 0 Å². The second-order valence-electron chi connectivity index (χ2n) is 14.9. The Bertz CT molecular complexity index is 3590. The van der Waals surface area contributed by atoms with E-state index in [0.29, 0.717) is 0 Å². The lowest BCUT2D eigenvalue weighted by Crippen LogP contribution is -1.94. The van der Waals surface area contributed by atoms with Crippen molar-refractivity contribution in [1.82, 2.24) is 9.97 Å². The summed E-state index contributed by atoms with van der Waals surface area (Å²) in [7, 11) is 0. The van der Waals surface area contributed by atoms with Crippen LogP contribution in [0.5, 0.6) is 0 Å². The quantitative estimate of drug-likeness (QED) is 0.170. The number of rotatable bonds is 4. The summed E-state index contributed by atoms with van der Waals surface area (Å²) >= 11 is 0. The van der Waals surface area contributed by atoms with E-state index >= 15 is 0 Å². The molecule has 0 fully saturated rings. The minimum absolute atomic E-state index is 0.826. The molecule has 2 aromatic heterocycles. The van der Waals surface area contributed by atoms with E-state index in [1.54, 1.807) is 0 Å². The predicted octanol–water partition coefficient (Wildman–Crippen LogP) is 14.8. The van der Waals surface area contributed by atoms with E-state index in [9.17, 15) is 0 Å². The third-order valence-electron chi connectivity index (χ3n) is 11.7. The maximum absolute atomic E-state index is 6.43. The Morgan fingerprint density at radius 3 is 1.58 bits per heavy atom. The molecule has 264 valence electrons. The van der Waals surface area contributed by atoms with Gasteiger partial charge in [-0.1, -0.05) is 164 Å². The minimum Gasteiger partial charge on any atom is -0.455 e. The Hall–Kier alpha value is -7.62. The van der Waals surface area contributed by atoms with E-state index in [4.69, 9.17) is 14.4 Å². The van der Waals surface area contributed by atoms with Crippen molar-refractivity contribution < 1.29 is 4.42 Å². The molecule has 3 nitrogen and oxygen atoms in total. The summed E-state index contributed by atoms with van der Waals surface area (Å²) in [5.74, 6) is 0. The van der Waals surface area contributed by atoms with E-state index < -0.39 is 0 Å². The Labute approximate surface area is 328 Å². The first kappa shape index (κ1) is 31.7. The van der Waals surface area contributed by atoms with Crippen LogP contribution >= 0.6 is 0 Å². The fourth-order valence-electron chi connectivity index (χ4n) is 8.97. The molecule has 0 aliphatic rings. The number of fused-ring (bicyclic) bond motifs is 11. The largest absolute Gasteiger partial charge is 0.455 e. The lowest BCUT2D eigenvalue weighted by atomic mass is 9.91. The van der Waals surface area contributed by atoms with Gasteiger partial charge >= 0.3 is 0 Å². The summed E-state index contributed by atoms with van der Waals surface area (Å²) in [4.78, 5) is 10.7. The van der Waals surface area contributed by atoms with Gasteiger partial charge in [0.25, 0.3) is 0 Å². The van der Waals surface area contributed by atoms with Crippen LogP contribution in [-0.2, 0) is 0 Å². The Morgan fingerprint density at radius 2 is 0.860 bits per heavy atom. The standard InChI is InChI=1S/C54H32N2O/c1-3-17-39-33(11-1)13-8-20-41(39)36-25-27-45-48(30-36)49-31-37(42-21-9-14-34-12-2-4-18-40(34)42)26-28-46(49)53-52(45)55-32-50(56-53)38-16-7-15-35(29-38)43-22-10-23-47-44-19-5-6-24-51(44)57-54(43)47/h1-32H. The van der Waals surface area contributed by atoms with Gasteiger partial charge in [-0.2, -0.15) is 0 Å². The van der Waals surface area contributed by atoms with Crippen LogP contribution in [0.25, 0.3) is 121 Å². The van der Waals surface area contributed by atoms with E-state index in [2.05, 4.69) is 176 Å². The van der Waals surface area contributed by atoms with Gasteiger partial charge in [-0.25, -0.2) is 4.98 Å². The lowest BCUT2D eigenvalue weighted by molar-refractivity contribution is 0.670. The van der Waals surface area contributed by atoms with E-state index in [0.717, 1.165) is 76.9 Å².